The molecule has 284 valence electrons. The SMILES string of the molecule is C=C/C=C\CC.CC.CC.COC(=O)/C=C/c1ccc(O)cc1.COc1cc([C@H]2CC(COC(=O)/C=C\c3ccc(O)cc3)CO2)cc(OC)c1O. The Hall–Kier alpha value is -5.48. The topological polar surface area (TPSA) is 141 Å². The summed E-state index contributed by atoms with van der Waals surface area (Å²) in [5.74, 6) is 0.191. The fraction of sp³-hybridized carbons (Fsp3) is 0.333. The maximum Gasteiger partial charge on any atom is 0.330 e. The second-order valence-electron chi connectivity index (χ2n) is 10.3. The molecule has 1 aliphatic heterocycles. The molecule has 4 rings (SSSR count). The Morgan fingerprint density at radius 1 is 0.808 bits per heavy atom. The average molecular weight is 721 g/mol. The van der Waals surface area contributed by atoms with Gasteiger partial charge in [-0.1, -0.05) is 83.7 Å². The average Bonchev–Trinajstić information content (AvgIpc) is 3.67. The van der Waals surface area contributed by atoms with Gasteiger partial charge in [0, 0.05) is 18.1 Å². The molecule has 0 aromatic heterocycles. The molecule has 1 aliphatic rings. The summed E-state index contributed by atoms with van der Waals surface area (Å²) < 4.78 is 26.0. The van der Waals surface area contributed by atoms with Gasteiger partial charge in [0.2, 0.25) is 5.75 Å². The highest BCUT2D eigenvalue weighted by atomic mass is 16.5. The molecule has 1 unspecified atom stereocenters. The molecule has 52 heavy (non-hydrogen) atoms. The summed E-state index contributed by atoms with van der Waals surface area (Å²) in [5.41, 5.74) is 2.46. The van der Waals surface area contributed by atoms with Crippen molar-refractivity contribution in [3.05, 3.63) is 114 Å². The number of rotatable bonds is 11. The van der Waals surface area contributed by atoms with E-state index in [1.165, 1.54) is 33.5 Å². The molecule has 0 aliphatic carbocycles. The van der Waals surface area contributed by atoms with Crippen LogP contribution in [-0.4, -0.2) is 61.8 Å². The Labute approximate surface area is 309 Å². The fourth-order valence-electron chi connectivity index (χ4n) is 4.19. The van der Waals surface area contributed by atoms with Gasteiger partial charge in [-0.05, 0) is 78.1 Å². The van der Waals surface area contributed by atoms with Crippen LogP contribution in [0.4, 0.5) is 0 Å². The number of benzene rings is 3. The number of phenols is 3. The van der Waals surface area contributed by atoms with E-state index in [9.17, 15) is 19.8 Å². The third kappa shape index (κ3) is 18.5. The first kappa shape index (κ1) is 46.5. The number of phenolic OH excluding ortho intramolecular Hbond substituents is 3. The van der Waals surface area contributed by atoms with Gasteiger partial charge in [-0.15, -0.1) is 0 Å². The molecule has 3 aromatic rings. The lowest BCUT2D eigenvalue weighted by molar-refractivity contribution is -0.139. The van der Waals surface area contributed by atoms with Crippen molar-refractivity contribution < 1.29 is 48.6 Å². The van der Waals surface area contributed by atoms with Crippen molar-refractivity contribution in [1.82, 2.24) is 0 Å². The van der Waals surface area contributed by atoms with Crippen LogP contribution in [0.25, 0.3) is 12.2 Å². The molecule has 10 heteroatoms. The van der Waals surface area contributed by atoms with Crippen LogP contribution in [0.2, 0.25) is 0 Å². The Morgan fingerprint density at radius 2 is 1.29 bits per heavy atom. The molecule has 0 radical (unpaired) electrons. The maximum atomic E-state index is 11.9. The molecule has 1 heterocycles. The largest absolute Gasteiger partial charge is 0.508 e. The first-order chi connectivity index (χ1) is 25.1. The standard InChI is InChI=1S/C22H24O7.C10H10O3.C6H10.2C2H6/c1-26-19-10-16(11-20(27-2)22(19)25)18-9-15(12-28-18)13-29-21(24)8-5-14-3-6-17(23)7-4-14;1-13-10(12)7-4-8-2-5-9(11)6-3-8;1-3-5-6-4-2;2*1-2/h3-8,10-11,15,18,23,25H,9,12-13H2,1-2H3;2-7,11H,1H3;3,5-6H,1,4H2,2H3;2*1-2H3/b8-5-;7-4+;6-5-;;/t15?,18-;;;;/m1..../s1. The summed E-state index contributed by atoms with van der Waals surface area (Å²) >= 11 is 0. The lowest BCUT2D eigenvalue weighted by Crippen LogP contribution is -2.12. The van der Waals surface area contributed by atoms with Crippen molar-refractivity contribution in [2.24, 2.45) is 5.92 Å². The van der Waals surface area contributed by atoms with Crippen LogP contribution in [0, 0.1) is 5.92 Å². The smallest absolute Gasteiger partial charge is 0.330 e. The number of allylic oxidation sites excluding steroid dienone is 3. The molecule has 3 aromatic carbocycles. The number of hydrogen-bond donors (Lipinski definition) is 3. The Morgan fingerprint density at radius 3 is 1.69 bits per heavy atom. The van der Waals surface area contributed by atoms with E-state index in [0.29, 0.717) is 24.5 Å². The summed E-state index contributed by atoms with van der Waals surface area (Å²) in [6.07, 6.45) is 13.3. The zero-order valence-corrected chi connectivity index (χ0v) is 31.7. The van der Waals surface area contributed by atoms with Crippen molar-refractivity contribution in [1.29, 1.82) is 0 Å². The molecular formula is C42H56O10. The normalized spacial score (nSPS) is 14.3. The Balaban J connectivity index is 0.000000933. The third-order valence-corrected chi connectivity index (χ3v) is 6.73. The summed E-state index contributed by atoms with van der Waals surface area (Å²) in [6.45, 7) is 14.3. The fourth-order valence-corrected chi connectivity index (χ4v) is 4.19. The van der Waals surface area contributed by atoms with Crippen LogP contribution in [0.5, 0.6) is 28.7 Å². The van der Waals surface area contributed by atoms with Gasteiger partial charge in [-0.3, -0.25) is 0 Å². The highest BCUT2D eigenvalue weighted by Crippen LogP contribution is 2.42. The predicted molar refractivity (Wildman–Crippen MR) is 208 cm³/mol. The van der Waals surface area contributed by atoms with Crippen LogP contribution in [-0.2, 0) is 23.8 Å². The van der Waals surface area contributed by atoms with Crippen molar-refractivity contribution in [3.8, 4) is 28.7 Å². The van der Waals surface area contributed by atoms with Gasteiger partial charge in [0.1, 0.15) is 11.5 Å². The van der Waals surface area contributed by atoms with E-state index in [1.807, 2.05) is 33.8 Å². The minimum absolute atomic E-state index is 0.0531. The second-order valence-corrected chi connectivity index (χ2v) is 10.3. The minimum Gasteiger partial charge on any atom is -0.508 e. The van der Waals surface area contributed by atoms with Crippen LogP contribution >= 0.6 is 0 Å². The number of esters is 2. The van der Waals surface area contributed by atoms with Gasteiger partial charge in [0.25, 0.3) is 0 Å². The summed E-state index contributed by atoms with van der Waals surface area (Å²) in [7, 11) is 4.27. The zero-order chi connectivity index (χ0) is 39.3. The molecule has 0 spiro atoms. The number of methoxy groups -OCH3 is 3. The molecule has 10 nitrogen and oxygen atoms in total. The van der Waals surface area contributed by atoms with Crippen LogP contribution in [0.1, 0.15) is 70.3 Å². The summed E-state index contributed by atoms with van der Waals surface area (Å²) in [4.78, 5) is 22.6. The van der Waals surface area contributed by atoms with E-state index in [-0.39, 0.29) is 35.9 Å². The van der Waals surface area contributed by atoms with Gasteiger partial charge >= 0.3 is 11.9 Å². The quantitative estimate of drug-likeness (QED) is 0.0997. The molecular weight excluding hydrogens is 664 g/mol. The summed E-state index contributed by atoms with van der Waals surface area (Å²) in [6, 6.07) is 16.5. The number of hydrogen-bond acceptors (Lipinski definition) is 10. The van der Waals surface area contributed by atoms with Crippen molar-refractivity contribution in [3.63, 3.8) is 0 Å². The third-order valence-electron chi connectivity index (χ3n) is 6.73. The van der Waals surface area contributed by atoms with Gasteiger partial charge in [0.15, 0.2) is 11.5 Å². The first-order valence-electron chi connectivity index (χ1n) is 17.2. The Bertz CT molecular complexity index is 1500. The summed E-state index contributed by atoms with van der Waals surface area (Å²) in [5, 5.41) is 28.3. The van der Waals surface area contributed by atoms with Gasteiger partial charge in [-0.25, -0.2) is 9.59 Å². The van der Waals surface area contributed by atoms with E-state index in [1.54, 1.807) is 78.9 Å². The molecule has 0 bridgehead atoms. The number of ether oxygens (including phenoxy) is 5. The minimum atomic E-state index is -0.436. The van der Waals surface area contributed by atoms with E-state index < -0.39 is 11.9 Å². The van der Waals surface area contributed by atoms with Crippen molar-refractivity contribution in [2.45, 2.75) is 53.6 Å². The van der Waals surface area contributed by atoms with Crippen LogP contribution in [0.15, 0.2) is 97.6 Å². The predicted octanol–water partition coefficient (Wildman–Crippen LogP) is 9.22. The van der Waals surface area contributed by atoms with Gasteiger partial charge < -0.3 is 39.0 Å². The lowest BCUT2D eigenvalue weighted by atomic mass is 10.0. The van der Waals surface area contributed by atoms with E-state index in [0.717, 1.165) is 23.1 Å². The van der Waals surface area contributed by atoms with Gasteiger partial charge in [-0.2, -0.15) is 0 Å². The lowest BCUT2D eigenvalue weighted by Gasteiger charge is -2.15. The highest BCUT2D eigenvalue weighted by Gasteiger charge is 2.29. The molecule has 0 saturated carbocycles. The molecule has 2 atom stereocenters. The van der Waals surface area contributed by atoms with E-state index >= 15 is 0 Å². The van der Waals surface area contributed by atoms with Gasteiger partial charge in [0.05, 0.1) is 40.6 Å². The molecule has 1 fully saturated rings. The molecule has 1 saturated heterocycles. The zero-order valence-electron chi connectivity index (χ0n) is 31.7. The molecule has 0 amide bonds. The van der Waals surface area contributed by atoms with E-state index in [2.05, 4.69) is 24.3 Å². The monoisotopic (exact) mass is 720 g/mol. The number of carbonyl (C=O) groups is 2. The Kier molecular flexibility index (Phi) is 25.3. The number of carbonyl (C=O) groups excluding carboxylic acids is 2. The van der Waals surface area contributed by atoms with Crippen LogP contribution < -0.4 is 9.47 Å². The maximum absolute atomic E-state index is 11.9. The number of aromatic hydroxyl groups is 3. The highest BCUT2D eigenvalue weighted by molar-refractivity contribution is 5.87. The van der Waals surface area contributed by atoms with Crippen molar-refractivity contribution >= 4 is 24.1 Å². The van der Waals surface area contributed by atoms with Crippen molar-refractivity contribution in [2.75, 3.05) is 34.5 Å². The van der Waals surface area contributed by atoms with E-state index in [4.69, 9.17) is 24.1 Å². The first-order valence-corrected chi connectivity index (χ1v) is 17.2. The molecule has 3 N–H and O–H groups in total. The second kappa shape index (κ2) is 28.2. The van der Waals surface area contributed by atoms with Crippen LogP contribution in [0.3, 0.4) is 0 Å².